The van der Waals surface area contributed by atoms with E-state index in [1.165, 1.54) is 43.5 Å². The molecule has 57 heavy (non-hydrogen) atoms. The number of pyridine rings is 1. The fourth-order valence-electron chi connectivity index (χ4n) is 3.62. The third-order valence-corrected chi connectivity index (χ3v) is 7.79. The summed E-state index contributed by atoms with van der Waals surface area (Å²) in [6, 6.07) is 13.2. The predicted octanol–water partition coefficient (Wildman–Crippen LogP) is 5.70. The summed E-state index contributed by atoms with van der Waals surface area (Å²) in [6.45, 7) is -1.25. The predicted molar refractivity (Wildman–Crippen MR) is 205 cm³/mol. The van der Waals surface area contributed by atoms with Crippen LogP contribution < -0.4 is 41.8 Å². The van der Waals surface area contributed by atoms with Crippen LogP contribution in [0.25, 0.3) is 10.9 Å². The Labute approximate surface area is 371 Å². The number of hydrogen-bond acceptors (Lipinski definition) is 12. The number of benzene rings is 4. The van der Waals surface area contributed by atoms with Gasteiger partial charge in [-0.2, -0.15) is 5.26 Å². The maximum atomic E-state index is 13.3. The van der Waals surface area contributed by atoms with Gasteiger partial charge < -0.3 is 32.8 Å². The minimum atomic E-state index is -1.44. The Balaban J connectivity index is 0. The third kappa shape index (κ3) is 19.1. The molecule has 4 aromatic carbocycles. The molecule has 12 nitrogen and oxygen atoms in total. The van der Waals surface area contributed by atoms with Gasteiger partial charge in [0.25, 0.3) is 0 Å². The van der Waals surface area contributed by atoms with E-state index in [-0.39, 0.29) is 70.4 Å². The molecule has 0 atom stereocenters. The Bertz CT molecular complexity index is 2170. The summed E-state index contributed by atoms with van der Waals surface area (Å²) in [4.78, 5) is 25.0. The van der Waals surface area contributed by atoms with Crippen molar-refractivity contribution in [3.63, 3.8) is 0 Å². The van der Waals surface area contributed by atoms with Crippen LogP contribution in [-0.2, 0) is 33.8 Å². The molecule has 0 saturated heterocycles. The van der Waals surface area contributed by atoms with Crippen molar-refractivity contribution in [2.75, 3.05) is 36.7 Å². The maximum absolute atomic E-state index is 13.3. The van der Waals surface area contributed by atoms with Crippen LogP contribution in [0.3, 0.4) is 0 Å². The average Bonchev–Trinajstić information content (AvgIpc) is 3.09. The van der Waals surface area contributed by atoms with E-state index in [0.717, 1.165) is 12.1 Å². The first kappa shape index (κ1) is 55.4. The van der Waals surface area contributed by atoms with E-state index in [2.05, 4.69) is 73.4 Å². The van der Waals surface area contributed by atoms with Gasteiger partial charge in [-0.15, -0.1) is 0 Å². The van der Waals surface area contributed by atoms with Crippen LogP contribution in [0, 0.1) is 40.4 Å². The van der Waals surface area contributed by atoms with E-state index in [1.807, 2.05) is 0 Å². The van der Waals surface area contributed by atoms with Crippen molar-refractivity contribution in [3.05, 3.63) is 118 Å². The van der Waals surface area contributed by atoms with E-state index in [9.17, 15) is 35.9 Å². The van der Waals surface area contributed by atoms with E-state index >= 15 is 0 Å². The first-order valence-electron chi connectivity index (χ1n) is 14.2. The summed E-state index contributed by atoms with van der Waals surface area (Å²) in [7, 11) is 1.17. The molecule has 301 valence electrons. The second-order valence-corrected chi connectivity index (χ2v) is 13.5. The van der Waals surface area contributed by atoms with Gasteiger partial charge in [-0.25, -0.2) is 36.1 Å². The molecule has 0 spiro atoms. The Hall–Kier alpha value is -3.70. The monoisotopic (exact) mass is 1090 g/mol. The Morgan fingerprint density at radius 1 is 0.789 bits per heavy atom. The summed E-state index contributed by atoms with van der Waals surface area (Å²) in [5.74, 6) is -4.03. The minimum absolute atomic E-state index is 0. The molecule has 0 bridgehead atoms. The number of carbonyl (C=O) groups is 2. The van der Waals surface area contributed by atoms with Crippen molar-refractivity contribution in [2.45, 2.75) is 6.61 Å². The molecular formula is C33H26Br4F6LiMnN6O6+. The first-order valence-corrected chi connectivity index (χ1v) is 18.3. The van der Waals surface area contributed by atoms with Crippen molar-refractivity contribution < 1.29 is 87.1 Å². The van der Waals surface area contributed by atoms with Crippen molar-refractivity contribution in [1.29, 1.82) is 5.26 Å². The van der Waals surface area contributed by atoms with E-state index < -0.39 is 56.6 Å². The van der Waals surface area contributed by atoms with Crippen LogP contribution in [0.5, 0.6) is 0 Å². The molecule has 1 aromatic heterocycles. The number of alkyl halides is 1. The number of nitriles is 1. The molecule has 9 N–H and O–H groups in total. The zero-order valence-electron chi connectivity index (χ0n) is 29.0. The molecule has 5 rings (SSSR count). The molecule has 1 heterocycles. The Morgan fingerprint density at radius 3 is 1.65 bits per heavy atom. The topological polar surface area (TPSA) is 238 Å². The number of nitrogens with two attached hydrogens (primary N) is 4. The number of ether oxygens (including phenoxy) is 1. The summed E-state index contributed by atoms with van der Waals surface area (Å²) < 4.78 is 98.7. The molecular weight excluding hydrogens is 1070 g/mol. The number of nitrogen functional groups attached to an aromatic ring is 4. The molecule has 0 amide bonds. The molecule has 0 saturated carbocycles. The normalized spacial score (nSPS) is 9.25. The van der Waals surface area contributed by atoms with Gasteiger partial charge in [-0.3, -0.25) is 4.79 Å². The fourth-order valence-corrected chi connectivity index (χ4v) is 5.38. The standard InChI is InChI=1S/C9H5BrF2N2.C8H7BrFNO2.C7H7BrFNO.C7H5BrFNO.C2H2FN.Li.Mn.2O/c10-4-1-6(11)5-3-7(12)9(13)14-8(5)2-4;1-13-8(12)7-5(10)2-4(9)3-6(7)11;2*8-4-1-6(9)5(3-11)7(10)2-4;3-1-2-4;;;;/h1-3H,(H2,13,14);2-3H,11H2,1H3;1-2,11H,3,10H2;1-3H,10H2;1H2;;;;/q;;;;;+1;;;. The number of aldehydes is 1. The van der Waals surface area contributed by atoms with Crippen molar-refractivity contribution in [3.8, 4) is 6.07 Å². The molecule has 24 heteroatoms. The van der Waals surface area contributed by atoms with Gasteiger partial charge in [0.05, 0.1) is 36.6 Å². The quantitative estimate of drug-likeness (QED) is 0.0481. The van der Waals surface area contributed by atoms with Gasteiger partial charge in [-0.1, -0.05) is 63.7 Å². The number of rotatable bonds is 3. The van der Waals surface area contributed by atoms with Crippen LogP contribution in [0.4, 0.5) is 49.2 Å². The summed E-state index contributed by atoms with van der Waals surface area (Å²) in [6.07, 6.45) is 0.400. The average molecular weight is 1100 g/mol. The number of nitrogens with zero attached hydrogens (tertiary/aromatic N) is 2. The van der Waals surface area contributed by atoms with E-state index in [4.69, 9.17) is 41.0 Å². The van der Waals surface area contributed by atoms with Crippen LogP contribution in [0.2, 0.25) is 0 Å². The number of carbonyl (C=O) groups excluding carboxylic acids is 2. The van der Waals surface area contributed by atoms with Crippen molar-refractivity contribution >= 4 is 110 Å². The fraction of sp³-hybridized carbons (Fsp3) is 0.0909. The molecule has 0 unspecified atom stereocenters. The number of aliphatic hydroxyl groups is 1. The second-order valence-electron chi connectivity index (χ2n) is 9.63. The second kappa shape index (κ2) is 28.7. The van der Waals surface area contributed by atoms with Gasteiger partial charge >= 0.3 is 47.3 Å². The number of hydrogen-bond donors (Lipinski definition) is 5. The molecule has 0 aliphatic rings. The third-order valence-electron chi connectivity index (χ3n) is 5.96. The van der Waals surface area contributed by atoms with Crippen LogP contribution in [0.1, 0.15) is 26.3 Å². The van der Waals surface area contributed by atoms with E-state index in [0.29, 0.717) is 29.7 Å². The van der Waals surface area contributed by atoms with Crippen molar-refractivity contribution in [2.24, 2.45) is 0 Å². The molecule has 0 aliphatic carbocycles. The summed E-state index contributed by atoms with van der Waals surface area (Å²) >= 11 is 10.8. The summed E-state index contributed by atoms with van der Waals surface area (Å²) in [5, 5.41) is 16.0. The van der Waals surface area contributed by atoms with Gasteiger partial charge in [0.2, 0.25) is 0 Å². The van der Waals surface area contributed by atoms with Crippen LogP contribution in [-0.4, -0.2) is 36.1 Å². The number of anilines is 4. The molecule has 5 aromatic rings. The van der Waals surface area contributed by atoms with Crippen LogP contribution in [0.15, 0.2) is 72.5 Å². The number of aliphatic hydroxyl groups excluding tert-OH is 1. The molecule has 0 radical (unpaired) electrons. The molecule has 0 aliphatic heterocycles. The number of aromatic nitrogens is 1. The van der Waals surface area contributed by atoms with Gasteiger partial charge in [0, 0.05) is 40.2 Å². The van der Waals surface area contributed by atoms with Gasteiger partial charge in [0.15, 0.2) is 24.6 Å². The zero-order chi connectivity index (χ0) is 43.3. The van der Waals surface area contributed by atoms with Crippen LogP contribution >= 0.6 is 63.7 Å². The SMILES string of the molecule is COC(=O)c1c(N)cc(Br)cc1F.N#CCF.Nc1cc(Br)cc(F)c1C=O.Nc1cc(Br)cc(F)c1CO.Nc1nc2cc(Br)cc(F)c2cc1F.[Li+].[O]=[Mn]=[O]. The first-order chi connectivity index (χ1) is 26.3. The van der Waals surface area contributed by atoms with Gasteiger partial charge in [0.1, 0.15) is 28.8 Å². The number of methoxy groups -OCH3 is 1. The van der Waals surface area contributed by atoms with Gasteiger partial charge in [-0.05, 0) is 54.6 Å². The van der Waals surface area contributed by atoms with Crippen molar-refractivity contribution in [1.82, 2.24) is 4.98 Å². The number of fused-ring (bicyclic) bond motifs is 1. The number of halogens is 10. The Morgan fingerprint density at radius 2 is 1.23 bits per heavy atom. The zero-order valence-corrected chi connectivity index (χ0v) is 36.6. The number of esters is 1. The van der Waals surface area contributed by atoms with E-state index in [1.54, 1.807) is 12.1 Å². The Kier molecular flexibility index (Phi) is 27.9. The molecule has 0 fully saturated rings. The summed E-state index contributed by atoms with van der Waals surface area (Å²) in [5.41, 5.74) is 22.0.